The smallest absolute Gasteiger partial charge is 0.259 e. The number of sulfonamides is 1. The molecule has 2 N–H and O–H groups in total. The van der Waals surface area contributed by atoms with E-state index in [1.54, 1.807) is 36.4 Å². The summed E-state index contributed by atoms with van der Waals surface area (Å²) in [5, 5.41) is 2.76. The molecular weight excluding hydrogens is 380 g/mol. The highest BCUT2D eigenvalue weighted by atomic mass is 32.2. The Labute approximate surface area is 165 Å². The minimum Gasteiger partial charge on any atom is -0.493 e. The fourth-order valence-electron chi connectivity index (χ4n) is 2.94. The molecule has 0 spiro atoms. The number of ether oxygens (including phenoxy) is 2. The highest BCUT2D eigenvalue weighted by Crippen LogP contribution is 2.21. The van der Waals surface area contributed by atoms with Crippen LogP contribution in [-0.4, -0.2) is 40.2 Å². The van der Waals surface area contributed by atoms with Gasteiger partial charge in [0.2, 0.25) is 10.0 Å². The van der Waals surface area contributed by atoms with Crippen molar-refractivity contribution in [3.8, 4) is 5.75 Å². The van der Waals surface area contributed by atoms with Gasteiger partial charge in [-0.2, -0.15) is 0 Å². The molecular formula is C20H24N2O5S. The number of carbonyl (C=O) groups excluding carboxylic acids is 1. The minimum atomic E-state index is -3.62. The molecule has 0 radical (unpaired) electrons. The molecule has 1 amide bonds. The summed E-state index contributed by atoms with van der Waals surface area (Å²) in [4.78, 5) is 12.6. The Kier molecular flexibility index (Phi) is 6.66. The van der Waals surface area contributed by atoms with Crippen LogP contribution in [0.2, 0.25) is 0 Å². The molecule has 0 saturated carbocycles. The Morgan fingerprint density at radius 3 is 2.61 bits per heavy atom. The molecule has 2 aromatic carbocycles. The molecule has 2 aromatic rings. The van der Waals surface area contributed by atoms with Crippen LogP contribution < -0.4 is 14.8 Å². The second-order valence-corrected chi connectivity index (χ2v) is 8.16. The Hall–Kier alpha value is -2.42. The minimum absolute atomic E-state index is 0.0706. The number of para-hydroxylation sites is 1. The van der Waals surface area contributed by atoms with Crippen LogP contribution in [0.1, 0.15) is 30.1 Å². The van der Waals surface area contributed by atoms with Crippen LogP contribution >= 0.6 is 0 Å². The molecule has 28 heavy (non-hydrogen) atoms. The van der Waals surface area contributed by atoms with Crippen LogP contribution in [0.4, 0.5) is 5.69 Å². The first kappa shape index (κ1) is 20.3. The van der Waals surface area contributed by atoms with E-state index in [4.69, 9.17) is 9.47 Å². The van der Waals surface area contributed by atoms with Crippen molar-refractivity contribution in [3.05, 3.63) is 54.1 Å². The van der Waals surface area contributed by atoms with Gasteiger partial charge in [0.1, 0.15) is 5.75 Å². The molecule has 7 nitrogen and oxygen atoms in total. The molecule has 8 heteroatoms. The van der Waals surface area contributed by atoms with E-state index in [9.17, 15) is 13.2 Å². The highest BCUT2D eigenvalue weighted by molar-refractivity contribution is 7.89. The van der Waals surface area contributed by atoms with Crippen molar-refractivity contribution in [2.24, 2.45) is 0 Å². The first-order valence-electron chi connectivity index (χ1n) is 9.24. The largest absolute Gasteiger partial charge is 0.493 e. The zero-order chi connectivity index (χ0) is 20.0. The van der Waals surface area contributed by atoms with Gasteiger partial charge in [-0.05, 0) is 56.2 Å². The number of amides is 1. The topological polar surface area (TPSA) is 93.7 Å². The van der Waals surface area contributed by atoms with Crippen molar-refractivity contribution in [1.29, 1.82) is 0 Å². The van der Waals surface area contributed by atoms with E-state index >= 15 is 0 Å². The fraction of sp³-hybridized carbons (Fsp3) is 0.350. The standard InChI is InChI=1S/C20H24N2O5S/c1-2-26-19-8-4-3-7-18(19)20(23)22-15-9-11-17(12-10-15)28(24,25)21-14-16-6-5-13-27-16/h3-4,7-12,16,21H,2,5-6,13-14H2,1H3,(H,22,23)/t16-/m1/s1. The quantitative estimate of drug-likeness (QED) is 0.706. The summed E-state index contributed by atoms with van der Waals surface area (Å²) >= 11 is 0. The lowest BCUT2D eigenvalue weighted by Crippen LogP contribution is -2.31. The molecule has 0 unspecified atom stereocenters. The molecule has 1 aliphatic heterocycles. The number of anilines is 1. The van der Waals surface area contributed by atoms with Crippen LogP contribution in [0.15, 0.2) is 53.4 Å². The van der Waals surface area contributed by atoms with Crippen molar-refractivity contribution >= 4 is 21.6 Å². The van der Waals surface area contributed by atoms with E-state index in [0.29, 0.717) is 30.2 Å². The summed E-state index contributed by atoms with van der Waals surface area (Å²) in [6.45, 7) is 3.23. The lowest BCUT2D eigenvalue weighted by Gasteiger charge is -2.12. The lowest BCUT2D eigenvalue weighted by atomic mass is 10.2. The van der Waals surface area contributed by atoms with Crippen LogP contribution in [0, 0.1) is 0 Å². The average Bonchev–Trinajstić information content (AvgIpc) is 3.21. The van der Waals surface area contributed by atoms with Gasteiger partial charge in [0.05, 0.1) is 23.2 Å². The number of rotatable bonds is 8. The fourth-order valence-corrected chi connectivity index (χ4v) is 4.01. The van der Waals surface area contributed by atoms with E-state index in [-0.39, 0.29) is 23.5 Å². The molecule has 1 saturated heterocycles. The van der Waals surface area contributed by atoms with E-state index in [0.717, 1.165) is 12.8 Å². The number of benzene rings is 2. The molecule has 150 valence electrons. The maximum absolute atomic E-state index is 12.5. The van der Waals surface area contributed by atoms with Crippen molar-refractivity contribution < 1.29 is 22.7 Å². The van der Waals surface area contributed by atoms with Crippen LogP contribution in [0.25, 0.3) is 0 Å². The van der Waals surface area contributed by atoms with Gasteiger partial charge >= 0.3 is 0 Å². The Morgan fingerprint density at radius 1 is 1.18 bits per heavy atom. The Morgan fingerprint density at radius 2 is 1.93 bits per heavy atom. The van der Waals surface area contributed by atoms with E-state index in [1.165, 1.54) is 12.1 Å². The average molecular weight is 404 g/mol. The van der Waals surface area contributed by atoms with E-state index in [2.05, 4.69) is 10.0 Å². The number of hydrogen-bond donors (Lipinski definition) is 2. The second kappa shape index (κ2) is 9.18. The van der Waals surface area contributed by atoms with Gasteiger partial charge in [0.15, 0.2) is 0 Å². The molecule has 0 aromatic heterocycles. The molecule has 1 fully saturated rings. The molecule has 1 heterocycles. The van der Waals surface area contributed by atoms with E-state index < -0.39 is 10.0 Å². The summed E-state index contributed by atoms with van der Waals surface area (Å²) < 4.78 is 38.2. The van der Waals surface area contributed by atoms with Gasteiger partial charge in [-0.3, -0.25) is 4.79 Å². The van der Waals surface area contributed by atoms with Gasteiger partial charge < -0.3 is 14.8 Å². The predicted molar refractivity (Wildman–Crippen MR) is 106 cm³/mol. The van der Waals surface area contributed by atoms with Crippen molar-refractivity contribution in [3.63, 3.8) is 0 Å². The van der Waals surface area contributed by atoms with Crippen molar-refractivity contribution in [1.82, 2.24) is 4.72 Å². The van der Waals surface area contributed by atoms with Crippen LogP contribution in [0.5, 0.6) is 5.75 Å². The molecule has 0 bridgehead atoms. The first-order valence-corrected chi connectivity index (χ1v) is 10.7. The Balaban J connectivity index is 1.64. The van der Waals surface area contributed by atoms with Crippen LogP contribution in [-0.2, 0) is 14.8 Å². The predicted octanol–water partition coefficient (Wildman–Crippen LogP) is 2.79. The molecule has 0 aliphatic carbocycles. The summed E-state index contributed by atoms with van der Waals surface area (Å²) in [6, 6.07) is 13.0. The van der Waals surface area contributed by atoms with Crippen molar-refractivity contribution in [2.75, 3.05) is 25.1 Å². The lowest BCUT2D eigenvalue weighted by molar-refractivity contribution is 0.102. The third kappa shape index (κ3) is 5.09. The third-order valence-corrected chi connectivity index (χ3v) is 5.82. The Bertz CT molecular complexity index is 906. The van der Waals surface area contributed by atoms with Gasteiger partial charge in [-0.15, -0.1) is 0 Å². The molecule has 1 atom stereocenters. The van der Waals surface area contributed by atoms with Crippen molar-refractivity contribution in [2.45, 2.75) is 30.8 Å². The van der Waals surface area contributed by atoms with Gasteiger partial charge in [-0.25, -0.2) is 13.1 Å². The summed E-state index contributed by atoms with van der Waals surface area (Å²) in [5.74, 6) is 0.177. The zero-order valence-corrected chi connectivity index (χ0v) is 16.5. The van der Waals surface area contributed by atoms with Gasteiger partial charge in [-0.1, -0.05) is 12.1 Å². The zero-order valence-electron chi connectivity index (χ0n) is 15.7. The van der Waals surface area contributed by atoms with Gasteiger partial charge in [0.25, 0.3) is 5.91 Å². The van der Waals surface area contributed by atoms with Gasteiger partial charge in [0, 0.05) is 18.8 Å². The second-order valence-electron chi connectivity index (χ2n) is 6.39. The summed E-state index contributed by atoms with van der Waals surface area (Å²) in [7, 11) is -3.62. The molecule has 3 rings (SSSR count). The number of carbonyl (C=O) groups is 1. The summed E-state index contributed by atoms with van der Waals surface area (Å²) in [5.41, 5.74) is 0.911. The van der Waals surface area contributed by atoms with Crippen LogP contribution in [0.3, 0.4) is 0 Å². The maximum atomic E-state index is 12.5. The first-order chi connectivity index (χ1) is 13.5. The highest BCUT2D eigenvalue weighted by Gasteiger charge is 2.20. The maximum Gasteiger partial charge on any atom is 0.259 e. The number of hydrogen-bond acceptors (Lipinski definition) is 5. The monoisotopic (exact) mass is 404 g/mol. The summed E-state index contributed by atoms with van der Waals surface area (Å²) in [6.07, 6.45) is 1.74. The SMILES string of the molecule is CCOc1ccccc1C(=O)Nc1ccc(S(=O)(=O)NC[C@H]2CCCO2)cc1. The normalized spacial score (nSPS) is 16.7. The number of nitrogens with one attached hydrogen (secondary N) is 2. The third-order valence-electron chi connectivity index (χ3n) is 4.38. The molecule has 1 aliphatic rings. The van der Waals surface area contributed by atoms with E-state index in [1.807, 2.05) is 6.92 Å².